The molecule has 0 saturated heterocycles. The van der Waals surface area contributed by atoms with Gasteiger partial charge in [0.1, 0.15) is 5.82 Å². The lowest BCUT2D eigenvalue weighted by Gasteiger charge is -2.19. The van der Waals surface area contributed by atoms with Crippen LogP contribution in [0.25, 0.3) is 0 Å². The Hall–Kier alpha value is -2.53. The average molecular weight is 428 g/mol. The van der Waals surface area contributed by atoms with Gasteiger partial charge in [0.25, 0.3) is 0 Å². The highest BCUT2D eigenvalue weighted by Crippen LogP contribution is 2.32. The summed E-state index contributed by atoms with van der Waals surface area (Å²) in [5.41, 5.74) is 2.72. The first-order valence-corrected chi connectivity index (χ1v) is 9.32. The van der Waals surface area contributed by atoms with Crippen LogP contribution < -0.4 is 4.74 Å². The number of aromatic nitrogens is 1. The minimum atomic E-state index is -0.381. The van der Waals surface area contributed by atoms with E-state index in [2.05, 4.69) is 20.9 Å². The second-order valence-corrected chi connectivity index (χ2v) is 7.26. The number of hydrogen-bond donors (Lipinski definition) is 0. The number of pyridine rings is 1. The minimum absolute atomic E-state index is 0.0990. The van der Waals surface area contributed by atoms with E-state index < -0.39 is 0 Å². The third-order valence-corrected chi connectivity index (χ3v) is 4.99. The highest BCUT2D eigenvalue weighted by molar-refractivity contribution is 9.10. The zero-order valence-corrected chi connectivity index (χ0v) is 16.7. The van der Waals surface area contributed by atoms with Crippen molar-refractivity contribution < 1.29 is 13.9 Å². The molecule has 138 valence electrons. The van der Waals surface area contributed by atoms with Gasteiger partial charge in [0.05, 0.1) is 7.11 Å². The largest absolute Gasteiger partial charge is 0.481 e. The van der Waals surface area contributed by atoms with E-state index in [1.165, 1.54) is 19.4 Å². The van der Waals surface area contributed by atoms with Crippen molar-refractivity contribution in [2.45, 2.75) is 19.3 Å². The lowest BCUT2D eigenvalue weighted by Crippen LogP contribution is -2.11. The van der Waals surface area contributed by atoms with Crippen molar-refractivity contribution in [2.24, 2.45) is 0 Å². The number of carbonyl (C=O) groups is 1. The Kier molecular flexibility index (Phi) is 6.01. The number of benzene rings is 2. The second-order valence-electron chi connectivity index (χ2n) is 6.35. The molecule has 27 heavy (non-hydrogen) atoms. The Bertz CT molecular complexity index is 940. The molecule has 1 aromatic heterocycles. The maximum Gasteiger partial charge on any atom is 0.212 e. The number of halogens is 2. The minimum Gasteiger partial charge on any atom is -0.481 e. The van der Waals surface area contributed by atoms with Crippen molar-refractivity contribution in [1.82, 2.24) is 4.98 Å². The fraction of sp³-hybridized carbons (Fsp3) is 0.182. The molecule has 3 rings (SSSR count). The molecule has 2 aromatic carbocycles. The van der Waals surface area contributed by atoms with Crippen LogP contribution in [0.1, 0.15) is 39.4 Å². The van der Waals surface area contributed by atoms with E-state index in [4.69, 9.17) is 4.74 Å². The average Bonchev–Trinajstić information content (AvgIpc) is 2.67. The van der Waals surface area contributed by atoms with Gasteiger partial charge in [0, 0.05) is 34.6 Å². The number of aryl methyl sites for hydroxylation is 1. The Labute approximate surface area is 166 Å². The SMILES string of the molecule is COc1ccc(C(=O)CC(c2ccc(Br)cc2)c2ccc(C)cc2F)cn1. The lowest BCUT2D eigenvalue weighted by atomic mass is 9.85. The molecule has 1 unspecified atom stereocenters. The Balaban J connectivity index is 1.96. The summed E-state index contributed by atoms with van der Waals surface area (Å²) in [5.74, 6) is -0.337. The number of rotatable bonds is 6. The van der Waals surface area contributed by atoms with E-state index in [1.807, 2.05) is 37.3 Å². The highest BCUT2D eigenvalue weighted by atomic mass is 79.9. The molecule has 0 spiro atoms. The maximum absolute atomic E-state index is 14.7. The van der Waals surface area contributed by atoms with Crippen LogP contribution in [0.5, 0.6) is 5.88 Å². The molecule has 0 amide bonds. The first kappa shape index (κ1) is 19.2. The van der Waals surface area contributed by atoms with Gasteiger partial charge >= 0.3 is 0 Å². The summed E-state index contributed by atoms with van der Waals surface area (Å²) >= 11 is 3.41. The molecule has 0 radical (unpaired) electrons. The monoisotopic (exact) mass is 427 g/mol. The summed E-state index contributed by atoms with van der Waals surface area (Å²) in [6.07, 6.45) is 1.64. The standard InChI is InChI=1S/C22H19BrFNO2/c1-14-3-9-18(20(24)11-14)19(15-4-7-17(23)8-5-15)12-21(26)16-6-10-22(27-2)25-13-16/h3-11,13,19H,12H2,1-2H3. The van der Waals surface area contributed by atoms with E-state index in [-0.39, 0.29) is 23.9 Å². The maximum atomic E-state index is 14.7. The van der Waals surface area contributed by atoms with Crippen LogP contribution in [0.3, 0.4) is 0 Å². The molecule has 0 aliphatic heterocycles. The van der Waals surface area contributed by atoms with E-state index >= 15 is 0 Å². The molecule has 0 fully saturated rings. The van der Waals surface area contributed by atoms with Gasteiger partial charge in [-0.3, -0.25) is 4.79 Å². The van der Waals surface area contributed by atoms with Gasteiger partial charge in [-0.1, -0.05) is 40.2 Å². The number of nitrogens with zero attached hydrogens (tertiary/aromatic N) is 1. The number of ketones is 1. The van der Waals surface area contributed by atoms with Crippen molar-refractivity contribution in [3.05, 3.63) is 93.3 Å². The molecule has 0 N–H and O–H groups in total. The molecule has 0 aliphatic carbocycles. The van der Waals surface area contributed by atoms with Crippen LogP contribution in [-0.2, 0) is 0 Å². The van der Waals surface area contributed by atoms with E-state index in [0.29, 0.717) is 17.0 Å². The summed E-state index contributed by atoms with van der Waals surface area (Å²) in [4.78, 5) is 16.9. The van der Waals surface area contributed by atoms with Gasteiger partial charge in [-0.05, 0) is 47.9 Å². The molecular weight excluding hydrogens is 409 g/mol. The van der Waals surface area contributed by atoms with Crippen LogP contribution in [-0.4, -0.2) is 17.9 Å². The van der Waals surface area contributed by atoms with Crippen LogP contribution in [0, 0.1) is 12.7 Å². The molecule has 3 aromatic rings. The summed E-state index contributed by atoms with van der Waals surface area (Å²) in [6.45, 7) is 1.84. The topological polar surface area (TPSA) is 39.2 Å². The number of methoxy groups -OCH3 is 1. The Morgan fingerprint density at radius 3 is 2.48 bits per heavy atom. The van der Waals surface area contributed by atoms with Crippen molar-refractivity contribution >= 4 is 21.7 Å². The van der Waals surface area contributed by atoms with Crippen LogP contribution in [0.4, 0.5) is 4.39 Å². The summed E-state index contributed by atoms with van der Waals surface area (Å²) < 4.78 is 20.6. The van der Waals surface area contributed by atoms with Crippen LogP contribution in [0.2, 0.25) is 0 Å². The number of ether oxygens (including phenoxy) is 1. The van der Waals surface area contributed by atoms with Crippen molar-refractivity contribution in [2.75, 3.05) is 7.11 Å². The molecule has 0 aliphatic rings. The zero-order chi connectivity index (χ0) is 19.4. The molecule has 3 nitrogen and oxygen atoms in total. The van der Waals surface area contributed by atoms with Gasteiger partial charge < -0.3 is 4.74 Å². The predicted octanol–water partition coefficient (Wildman–Crippen LogP) is 5.71. The third kappa shape index (κ3) is 4.61. The molecular formula is C22H19BrFNO2. The van der Waals surface area contributed by atoms with Gasteiger partial charge in [-0.25, -0.2) is 9.37 Å². The quantitative estimate of drug-likeness (QED) is 0.473. The van der Waals surface area contributed by atoms with Gasteiger partial charge in [0.15, 0.2) is 5.78 Å². The Morgan fingerprint density at radius 1 is 1.15 bits per heavy atom. The fourth-order valence-electron chi connectivity index (χ4n) is 2.99. The van der Waals surface area contributed by atoms with E-state index in [1.54, 1.807) is 18.2 Å². The first-order valence-electron chi connectivity index (χ1n) is 8.52. The van der Waals surface area contributed by atoms with Crippen molar-refractivity contribution in [1.29, 1.82) is 0 Å². The highest BCUT2D eigenvalue weighted by Gasteiger charge is 2.22. The molecule has 0 saturated carbocycles. The van der Waals surface area contributed by atoms with Crippen molar-refractivity contribution in [3.8, 4) is 5.88 Å². The normalized spacial score (nSPS) is 11.9. The van der Waals surface area contributed by atoms with Gasteiger partial charge in [-0.2, -0.15) is 0 Å². The van der Waals surface area contributed by atoms with Gasteiger partial charge in [-0.15, -0.1) is 0 Å². The van der Waals surface area contributed by atoms with E-state index in [9.17, 15) is 9.18 Å². The predicted molar refractivity (Wildman–Crippen MR) is 107 cm³/mol. The summed E-state index contributed by atoms with van der Waals surface area (Å²) in [7, 11) is 1.52. The van der Waals surface area contributed by atoms with E-state index in [0.717, 1.165) is 15.6 Å². The Morgan fingerprint density at radius 2 is 1.89 bits per heavy atom. The summed E-state index contributed by atoms with van der Waals surface area (Å²) in [6, 6.07) is 16.1. The first-order chi connectivity index (χ1) is 13.0. The number of Topliss-reactive ketones (excluding diaryl/α,β-unsaturated/α-hetero) is 1. The molecule has 1 atom stereocenters. The lowest BCUT2D eigenvalue weighted by molar-refractivity contribution is 0.0977. The second kappa shape index (κ2) is 8.44. The third-order valence-electron chi connectivity index (χ3n) is 4.46. The molecule has 5 heteroatoms. The summed E-state index contributed by atoms with van der Waals surface area (Å²) in [5, 5.41) is 0. The van der Waals surface area contributed by atoms with Crippen LogP contribution >= 0.6 is 15.9 Å². The molecule has 0 bridgehead atoms. The van der Waals surface area contributed by atoms with Crippen molar-refractivity contribution in [3.63, 3.8) is 0 Å². The van der Waals surface area contributed by atoms with Gasteiger partial charge in [0.2, 0.25) is 5.88 Å². The fourth-order valence-corrected chi connectivity index (χ4v) is 3.25. The zero-order valence-electron chi connectivity index (χ0n) is 15.1. The smallest absolute Gasteiger partial charge is 0.212 e. The van der Waals surface area contributed by atoms with Crippen LogP contribution in [0.15, 0.2) is 65.3 Å². The number of carbonyl (C=O) groups excluding carboxylic acids is 1. The molecule has 1 heterocycles. The number of hydrogen-bond acceptors (Lipinski definition) is 3.